The van der Waals surface area contributed by atoms with E-state index in [1.54, 1.807) is 0 Å². The van der Waals surface area contributed by atoms with E-state index >= 15 is 0 Å². The van der Waals surface area contributed by atoms with Gasteiger partial charge in [0.1, 0.15) is 5.88 Å². The number of halogens is 4. The van der Waals surface area contributed by atoms with E-state index in [1.165, 1.54) is 11.0 Å². The molecular weight excluding hydrogens is 283 g/mol. The number of alkyl halides is 4. The summed E-state index contributed by atoms with van der Waals surface area (Å²) >= 11 is 5.50. The lowest BCUT2D eigenvalue weighted by Gasteiger charge is -2.21. The molecule has 19 heavy (non-hydrogen) atoms. The summed E-state index contributed by atoms with van der Waals surface area (Å²) in [5.74, 6) is -0.575. The Morgan fingerprint density at radius 3 is 2.79 bits per heavy atom. The van der Waals surface area contributed by atoms with E-state index in [4.69, 9.17) is 16.3 Å². The average molecular weight is 294 g/mol. The Kier molecular flexibility index (Phi) is 4.01. The standard InChI is InChI=1S/C12H11ClF3NO2/c13-6-11(18)17-3-4-19-7-8-5-9(12(14,15)16)1-2-10(8)17/h1-2,5H,3-4,6-7H2. The molecule has 1 aliphatic rings. The van der Waals surface area contributed by atoms with Gasteiger partial charge in [-0.15, -0.1) is 11.6 Å². The molecule has 0 saturated carbocycles. The van der Waals surface area contributed by atoms with Crippen LogP contribution in [0.3, 0.4) is 0 Å². The maximum Gasteiger partial charge on any atom is 0.416 e. The Labute approximate surface area is 112 Å². The lowest BCUT2D eigenvalue weighted by Crippen LogP contribution is -2.34. The highest BCUT2D eigenvalue weighted by Crippen LogP contribution is 2.34. The van der Waals surface area contributed by atoms with Crippen molar-refractivity contribution in [3.8, 4) is 0 Å². The molecule has 0 bridgehead atoms. The van der Waals surface area contributed by atoms with Crippen LogP contribution in [0.2, 0.25) is 0 Å². The largest absolute Gasteiger partial charge is 0.416 e. The fourth-order valence-corrected chi connectivity index (χ4v) is 2.07. The zero-order chi connectivity index (χ0) is 14.0. The lowest BCUT2D eigenvalue weighted by molar-refractivity contribution is -0.137. The molecule has 3 nitrogen and oxygen atoms in total. The normalized spacial score (nSPS) is 15.9. The van der Waals surface area contributed by atoms with E-state index in [2.05, 4.69) is 0 Å². The summed E-state index contributed by atoms with van der Waals surface area (Å²) in [5, 5.41) is 0. The second-order valence-corrected chi connectivity index (χ2v) is 4.34. The summed E-state index contributed by atoms with van der Waals surface area (Å²) in [4.78, 5) is 13.0. The Balaban J connectivity index is 2.43. The van der Waals surface area contributed by atoms with Crippen molar-refractivity contribution in [2.75, 3.05) is 23.9 Å². The summed E-state index contributed by atoms with van der Waals surface area (Å²) in [6, 6.07) is 3.26. The second kappa shape index (κ2) is 5.38. The number of hydrogen-bond acceptors (Lipinski definition) is 2. The van der Waals surface area contributed by atoms with Gasteiger partial charge in [0.05, 0.1) is 18.8 Å². The molecule has 0 unspecified atom stereocenters. The van der Waals surface area contributed by atoms with Crippen LogP contribution < -0.4 is 4.90 Å². The molecule has 0 saturated heterocycles. The van der Waals surface area contributed by atoms with Crippen LogP contribution >= 0.6 is 11.6 Å². The molecule has 1 aromatic carbocycles. The van der Waals surface area contributed by atoms with Gasteiger partial charge in [-0.05, 0) is 18.2 Å². The van der Waals surface area contributed by atoms with Gasteiger partial charge < -0.3 is 9.64 Å². The third-order valence-electron chi connectivity index (χ3n) is 2.83. The second-order valence-electron chi connectivity index (χ2n) is 4.07. The molecule has 1 heterocycles. The Hall–Kier alpha value is -1.27. The Morgan fingerprint density at radius 2 is 2.16 bits per heavy atom. The zero-order valence-electron chi connectivity index (χ0n) is 9.84. The summed E-state index contributed by atoms with van der Waals surface area (Å²) in [7, 11) is 0. The third-order valence-corrected chi connectivity index (χ3v) is 3.06. The SMILES string of the molecule is O=C(CCl)N1CCOCc2cc(C(F)(F)F)ccc21. The highest BCUT2D eigenvalue weighted by Gasteiger charge is 2.32. The van der Waals surface area contributed by atoms with E-state index in [0.29, 0.717) is 11.3 Å². The molecule has 1 amide bonds. The van der Waals surface area contributed by atoms with Crippen molar-refractivity contribution in [1.29, 1.82) is 0 Å². The molecule has 0 fully saturated rings. The predicted molar refractivity (Wildman–Crippen MR) is 64.2 cm³/mol. The van der Waals surface area contributed by atoms with Crippen LogP contribution in [0.25, 0.3) is 0 Å². The molecular formula is C12H11ClF3NO2. The Morgan fingerprint density at radius 1 is 1.42 bits per heavy atom. The first-order valence-electron chi connectivity index (χ1n) is 5.57. The third kappa shape index (κ3) is 3.01. The van der Waals surface area contributed by atoms with E-state index in [0.717, 1.165) is 12.1 Å². The molecule has 0 radical (unpaired) electrons. The fraction of sp³-hybridized carbons (Fsp3) is 0.417. The maximum atomic E-state index is 12.6. The predicted octanol–water partition coefficient (Wildman–Crippen LogP) is 2.81. The van der Waals surface area contributed by atoms with Crippen LogP contribution in [0.4, 0.5) is 18.9 Å². The van der Waals surface area contributed by atoms with Crippen LogP contribution in [0.15, 0.2) is 18.2 Å². The first kappa shape index (κ1) is 14.1. The maximum absolute atomic E-state index is 12.6. The van der Waals surface area contributed by atoms with Crippen molar-refractivity contribution in [3.63, 3.8) is 0 Å². The molecule has 2 rings (SSSR count). The quantitative estimate of drug-likeness (QED) is 0.745. The van der Waals surface area contributed by atoms with Crippen LogP contribution in [0.5, 0.6) is 0 Å². The summed E-state index contributed by atoms with van der Waals surface area (Å²) in [6.07, 6.45) is -4.41. The van der Waals surface area contributed by atoms with Gasteiger partial charge in [0.2, 0.25) is 5.91 Å². The molecule has 1 aliphatic heterocycles. The smallest absolute Gasteiger partial charge is 0.375 e. The molecule has 0 spiro atoms. The number of benzene rings is 1. The van der Waals surface area contributed by atoms with E-state index in [-0.39, 0.29) is 31.5 Å². The number of rotatable bonds is 1. The summed E-state index contributed by atoms with van der Waals surface area (Å²) in [6.45, 7) is 0.591. The lowest BCUT2D eigenvalue weighted by atomic mass is 10.1. The van der Waals surface area contributed by atoms with E-state index in [9.17, 15) is 18.0 Å². The Bertz CT molecular complexity index is 490. The molecule has 1 aromatic rings. The van der Waals surface area contributed by atoms with Crippen molar-refractivity contribution in [2.45, 2.75) is 12.8 Å². The highest BCUT2D eigenvalue weighted by molar-refractivity contribution is 6.29. The van der Waals surface area contributed by atoms with Gasteiger partial charge in [-0.3, -0.25) is 4.79 Å². The number of ether oxygens (including phenoxy) is 1. The topological polar surface area (TPSA) is 29.5 Å². The number of anilines is 1. The minimum atomic E-state index is -4.41. The monoisotopic (exact) mass is 293 g/mol. The number of carbonyl (C=O) groups is 1. The molecule has 0 N–H and O–H groups in total. The van der Waals surface area contributed by atoms with Crippen molar-refractivity contribution in [2.24, 2.45) is 0 Å². The number of fused-ring (bicyclic) bond motifs is 1. The van der Waals surface area contributed by atoms with E-state index < -0.39 is 11.7 Å². The van der Waals surface area contributed by atoms with Crippen LogP contribution in [0, 0.1) is 0 Å². The van der Waals surface area contributed by atoms with Gasteiger partial charge in [0.15, 0.2) is 0 Å². The minimum absolute atomic E-state index is 0.0469. The van der Waals surface area contributed by atoms with Crippen molar-refractivity contribution >= 4 is 23.2 Å². The van der Waals surface area contributed by atoms with Crippen LogP contribution in [0.1, 0.15) is 11.1 Å². The number of amides is 1. The van der Waals surface area contributed by atoms with Gasteiger partial charge in [-0.2, -0.15) is 13.2 Å². The summed E-state index contributed by atoms with van der Waals surface area (Å²) < 4.78 is 43.1. The number of hydrogen-bond donors (Lipinski definition) is 0. The van der Waals surface area contributed by atoms with Crippen molar-refractivity contribution in [1.82, 2.24) is 0 Å². The molecule has 104 valence electrons. The van der Waals surface area contributed by atoms with E-state index in [1.807, 2.05) is 0 Å². The first-order chi connectivity index (χ1) is 8.93. The average Bonchev–Trinajstić information content (AvgIpc) is 2.58. The zero-order valence-corrected chi connectivity index (χ0v) is 10.6. The molecule has 0 atom stereocenters. The van der Waals surface area contributed by atoms with Gasteiger partial charge >= 0.3 is 6.18 Å². The number of carbonyl (C=O) groups excluding carboxylic acids is 1. The van der Waals surface area contributed by atoms with Gasteiger partial charge in [-0.25, -0.2) is 0 Å². The summed E-state index contributed by atoms with van der Waals surface area (Å²) in [5.41, 5.74) is 0.0111. The van der Waals surface area contributed by atoms with Crippen LogP contribution in [-0.2, 0) is 22.3 Å². The minimum Gasteiger partial charge on any atom is -0.375 e. The van der Waals surface area contributed by atoms with Crippen molar-refractivity contribution < 1.29 is 22.7 Å². The number of nitrogens with zero attached hydrogens (tertiary/aromatic N) is 1. The van der Waals surface area contributed by atoms with Crippen LogP contribution in [-0.4, -0.2) is 24.9 Å². The molecule has 0 aliphatic carbocycles. The van der Waals surface area contributed by atoms with Gasteiger partial charge in [0, 0.05) is 17.8 Å². The fourth-order valence-electron chi connectivity index (χ4n) is 1.93. The van der Waals surface area contributed by atoms with Gasteiger partial charge in [-0.1, -0.05) is 0 Å². The molecule has 7 heteroatoms. The van der Waals surface area contributed by atoms with Crippen molar-refractivity contribution in [3.05, 3.63) is 29.3 Å². The first-order valence-corrected chi connectivity index (χ1v) is 6.11. The molecule has 0 aromatic heterocycles. The van der Waals surface area contributed by atoms with Gasteiger partial charge in [0.25, 0.3) is 0 Å². The highest BCUT2D eigenvalue weighted by atomic mass is 35.5.